The molecule has 0 aliphatic heterocycles. The first-order valence-corrected chi connectivity index (χ1v) is 8.23. The van der Waals surface area contributed by atoms with Gasteiger partial charge in [0.25, 0.3) is 11.5 Å². The molecule has 0 unspecified atom stereocenters. The maximum Gasteiger partial charge on any atom is 0.274 e. The average molecular weight is 345 g/mol. The van der Waals surface area contributed by atoms with E-state index in [-0.39, 0.29) is 17.9 Å². The maximum atomic E-state index is 13.9. The van der Waals surface area contributed by atoms with Crippen molar-refractivity contribution in [3.05, 3.63) is 58.3 Å². The van der Waals surface area contributed by atoms with Crippen molar-refractivity contribution in [2.24, 2.45) is 0 Å². The van der Waals surface area contributed by atoms with E-state index in [2.05, 4.69) is 5.10 Å². The Morgan fingerprint density at radius 3 is 2.64 bits per heavy atom. The predicted octanol–water partition coefficient (Wildman–Crippen LogP) is 1.75. The summed E-state index contributed by atoms with van der Waals surface area (Å²) in [7, 11) is 1.58. The van der Waals surface area contributed by atoms with E-state index in [1.54, 1.807) is 13.1 Å². The van der Waals surface area contributed by atoms with Crippen molar-refractivity contribution in [2.75, 3.05) is 13.6 Å². The number of aliphatic hydroxyl groups is 1. The number of carbonyl (C=O) groups is 1. The molecule has 1 aromatic carbocycles. The number of hydrogen-bond acceptors (Lipinski definition) is 4. The van der Waals surface area contributed by atoms with Gasteiger partial charge in [0.15, 0.2) is 0 Å². The molecule has 0 spiro atoms. The molecule has 1 fully saturated rings. The highest BCUT2D eigenvalue weighted by atomic mass is 19.1. The van der Waals surface area contributed by atoms with E-state index in [4.69, 9.17) is 0 Å². The van der Waals surface area contributed by atoms with Gasteiger partial charge in [-0.1, -0.05) is 25.0 Å². The lowest BCUT2D eigenvalue weighted by molar-refractivity contribution is 0.0154. The summed E-state index contributed by atoms with van der Waals surface area (Å²) >= 11 is 0. The minimum absolute atomic E-state index is 0.0146. The van der Waals surface area contributed by atoms with Crippen molar-refractivity contribution in [2.45, 2.75) is 31.3 Å². The number of benzene rings is 1. The zero-order valence-corrected chi connectivity index (χ0v) is 14.0. The predicted molar refractivity (Wildman–Crippen MR) is 90.2 cm³/mol. The molecule has 25 heavy (non-hydrogen) atoms. The van der Waals surface area contributed by atoms with Gasteiger partial charge >= 0.3 is 0 Å². The molecule has 0 bridgehead atoms. The summed E-state index contributed by atoms with van der Waals surface area (Å²) in [5, 5.41) is 14.5. The molecule has 6 nitrogen and oxygen atoms in total. The lowest BCUT2D eigenvalue weighted by Gasteiger charge is -2.28. The van der Waals surface area contributed by atoms with Gasteiger partial charge in [0, 0.05) is 19.7 Å². The molecule has 2 aromatic rings. The van der Waals surface area contributed by atoms with Gasteiger partial charge in [-0.05, 0) is 31.0 Å². The molecule has 0 saturated heterocycles. The molecular formula is C18H20FN3O3. The molecule has 1 aromatic heterocycles. The number of nitrogens with zero attached hydrogens (tertiary/aromatic N) is 3. The number of aromatic nitrogens is 2. The molecule has 1 saturated carbocycles. The number of para-hydroxylation sites is 1. The molecule has 1 heterocycles. The van der Waals surface area contributed by atoms with Gasteiger partial charge in [0.2, 0.25) is 0 Å². The van der Waals surface area contributed by atoms with Crippen LogP contribution in [-0.2, 0) is 0 Å². The highest BCUT2D eigenvalue weighted by Crippen LogP contribution is 2.30. The van der Waals surface area contributed by atoms with Crippen LogP contribution in [0.3, 0.4) is 0 Å². The summed E-state index contributed by atoms with van der Waals surface area (Å²) in [5.41, 5.74) is -1.39. The summed E-state index contributed by atoms with van der Waals surface area (Å²) in [6.45, 7) is 0.201. The van der Waals surface area contributed by atoms with Gasteiger partial charge in [-0.3, -0.25) is 9.59 Å². The van der Waals surface area contributed by atoms with Crippen LogP contribution in [0, 0.1) is 5.82 Å². The first kappa shape index (κ1) is 17.3. The smallest absolute Gasteiger partial charge is 0.274 e. The quantitative estimate of drug-likeness (QED) is 0.916. The Balaban J connectivity index is 1.88. The van der Waals surface area contributed by atoms with Crippen LogP contribution in [0.1, 0.15) is 36.2 Å². The van der Waals surface area contributed by atoms with Gasteiger partial charge in [-0.2, -0.15) is 9.78 Å². The van der Waals surface area contributed by atoms with Gasteiger partial charge in [-0.15, -0.1) is 0 Å². The summed E-state index contributed by atoms with van der Waals surface area (Å²) < 4.78 is 14.8. The monoisotopic (exact) mass is 345 g/mol. The third kappa shape index (κ3) is 3.61. The Morgan fingerprint density at radius 1 is 1.28 bits per heavy atom. The number of likely N-dealkylation sites (N-methyl/N-ethyl adjacent to an activating group) is 1. The summed E-state index contributed by atoms with van der Waals surface area (Å²) in [5.74, 6) is -1.03. The van der Waals surface area contributed by atoms with E-state index in [1.165, 1.54) is 35.2 Å². The Labute approximate surface area is 144 Å². The fourth-order valence-electron chi connectivity index (χ4n) is 3.22. The Kier molecular flexibility index (Phi) is 4.67. The normalized spacial score (nSPS) is 16.0. The number of rotatable bonds is 4. The molecular weight excluding hydrogens is 325 g/mol. The molecule has 1 N–H and O–H groups in total. The first-order valence-electron chi connectivity index (χ1n) is 8.23. The van der Waals surface area contributed by atoms with Crippen LogP contribution in [-0.4, -0.2) is 44.9 Å². The highest BCUT2D eigenvalue weighted by Gasteiger charge is 2.34. The molecule has 132 valence electrons. The van der Waals surface area contributed by atoms with Crippen LogP contribution in [0.15, 0.2) is 41.2 Å². The molecule has 1 amide bonds. The SMILES string of the molecule is CN(CC1(O)CCCC1)C(=O)c1ccc(=O)n(-c2ccccc2F)n1. The maximum absolute atomic E-state index is 13.9. The first-order chi connectivity index (χ1) is 11.9. The molecule has 0 radical (unpaired) electrons. The van der Waals surface area contributed by atoms with Crippen molar-refractivity contribution in [3.8, 4) is 5.69 Å². The lowest BCUT2D eigenvalue weighted by Crippen LogP contribution is -2.42. The summed E-state index contributed by atoms with van der Waals surface area (Å²) in [6, 6.07) is 8.24. The number of halogens is 1. The van der Waals surface area contributed by atoms with Crippen molar-refractivity contribution in [1.29, 1.82) is 0 Å². The van der Waals surface area contributed by atoms with Gasteiger partial charge in [-0.25, -0.2) is 4.39 Å². The Morgan fingerprint density at radius 2 is 1.96 bits per heavy atom. The highest BCUT2D eigenvalue weighted by molar-refractivity contribution is 5.92. The lowest BCUT2D eigenvalue weighted by atomic mass is 10.0. The molecule has 3 rings (SSSR count). The van der Waals surface area contributed by atoms with Gasteiger partial charge < -0.3 is 10.0 Å². The number of hydrogen-bond donors (Lipinski definition) is 1. The van der Waals surface area contributed by atoms with E-state index in [0.29, 0.717) is 12.8 Å². The zero-order valence-electron chi connectivity index (χ0n) is 14.0. The zero-order chi connectivity index (χ0) is 18.0. The Bertz CT molecular complexity index is 843. The van der Waals surface area contributed by atoms with E-state index >= 15 is 0 Å². The third-order valence-corrected chi connectivity index (χ3v) is 4.51. The van der Waals surface area contributed by atoms with Crippen molar-refractivity contribution in [1.82, 2.24) is 14.7 Å². The molecule has 1 aliphatic rings. The van der Waals surface area contributed by atoms with Crippen LogP contribution >= 0.6 is 0 Å². The second-order valence-corrected chi connectivity index (χ2v) is 6.51. The second-order valence-electron chi connectivity index (χ2n) is 6.51. The van der Waals surface area contributed by atoms with Crippen LogP contribution in [0.4, 0.5) is 4.39 Å². The number of amides is 1. The molecule has 0 atom stereocenters. The van der Waals surface area contributed by atoms with Crippen LogP contribution in [0.5, 0.6) is 0 Å². The fourth-order valence-corrected chi connectivity index (χ4v) is 3.22. The van der Waals surface area contributed by atoms with E-state index in [9.17, 15) is 19.1 Å². The van der Waals surface area contributed by atoms with E-state index in [1.807, 2.05) is 0 Å². The van der Waals surface area contributed by atoms with Gasteiger partial charge in [0.05, 0.1) is 5.60 Å². The fraction of sp³-hybridized carbons (Fsp3) is 0.389. The van der Waals surface area contributed by atoms with Crippen LogP contribution in [0.25, 0.3) is 5.69 Å². The summed E-state index contributed by atoms with van der Waals surface area (Å²) in [6.07, 6.45) is 3.20. The van der Waals surface area contributed by atoms with Crippen LogP contribution < -0.4 is 5.56 Å². The number of carbonyl (C=O) groups excluding carboxylic acids is 1. The van der Waals surface area contributed by atoms with E-state index < -0.39 is 22.9 Å². The Hall–Kier alpha value is -2.54. The van der Waals surface area contributed by atoms with Crippen molar-refractivity contribution in [3.63, 3.8) is 0 Å². The minimum atomic E-state index is -0.871. The minimum Gasteiger partial charge on any atom is -0.388 e. The average Bonchev–Trinajstić information content (AvgIpc) is 3.01. The van der Waals surface area contributed by atoms with E-state index in [0.717, 1.165) is 17.5 Å². The second kappa shape index (κ2) is 6.76. The van der Waals surface area contributed by atoms with Crippen molar-refractivity contribution < 1.29 is 14.3 Å². The largest absolute Gasteiger partial charge is 0.388 e. The molecule has 7 heteroatoms. The van der Waals surface area contributed by atoms with Crippen LogP contribution in [0.2, 0.25) is 0 Å². The van der Waals surface area contributed by atoms with Crippen molar-refractivity contribution >= 4 is 5.91 Å². The topological polar surface area (TPSA) is 75.4 Å². The standard InChI is InChI=1S/C18H20FN3O3/c1-21(12-18(25)10-4-5-11-18)17(24)14-8-9-16(23)22(20-14)15-7-3-2-6-13(15)19/h2-3,6-9,25H,4-5,10-12H2,1H3. The third-order valence-electron chi connectivity index (χ3n) is 4.51. The summed E-state index contributed by atoms with van der Waals surface area (Å²) in [4.78, 5) is 26.0. The molecule has 1 aliphatic carbocycles. The van der Waals surface area contributed by atoms with Gasteiger partial charge in [0.1, 0.15) is 17.2 Å².